The van der Waals surface area contributed by atoms with Crippen molar-refractivity contribution in [3.63, 3.8) is 0 Å². The number of nitrogens with zero attached hydrogens (tertiary/aromatic N) is 1. The smallest absolute Gasteiger partial charge is 0.0716 e. The van der Waals surface area contributed by atoms with E-state index in [4.69, 9.17) is 16.7 Å². The molecule has 0 spiro atoms. The molecule has 1 rings (SSSR count). The van der Waals surface area contributed by atoms with E-state index in [1.165, 1.54) is 0 Å². The van der Waals surface area contributed by atoms with Gasteiger partial charge in [-0.3, -0.25) is 0 Å². The maximum Gasteiger partial charge on any atom is 0.0716 e. The lowest BCUT2D eigenvalue weighted by Gasteiger charge is -2.20. The van der Waals surface area contributed by atoms with Gasteiger partial charge in [-0.2, -0.15) is 0 Å². The number of benzene rings is 1. The van der Waals surface area contributed by atoms with Gasteiger partial charge < -0.3 is 10.0 Å². The molecule has 2 nitrogen and oxygen atoms in total. The minimum Gasteiger partial charge on any atom is -0.392 e. The molecule has 0 aliphatic rings. The second kappa shape index (κ2) is 4.49. The maximum atomic E-state index is 9.13. The highest BCUT2D eigenvalue weighted by molar-refractivity contribution is 6.31. The monoisotopic (exact) mass is 199 g/mol. The van der Waals surface area contributed by atoms with Crippen molar-refractivity contribution in [2.75, 3.05) is 18.5 Å². The lowest BCUT2D eigenvalue weighted by molar-refractivity contribution is 0.282. The van der Waals surface area contributed by atoms with Gasteiger partial charge in [0.05, 0.1) is 6.61 Å². The number of aliphatic hydroxyl groups excluding tert-OH is 1. The van der Waals surface area contributed by atoms with Crippen LogP contribution in [0.5, 0.6) is 0 Å². The molecule has 0 aliphatic heterocycles. The Hall–Kier alpha value is -0.730. The number of anilines is 1. The maximum absolute atomic E-state index is 9.13. The van der Waals surface area contributed by atoms with Crippen molar-refractivity contribution in [2.24, 2.45) is 0 Å². The van der Waals surface area contributed by atoms with Crippen LogP contribution < -0.4 is 4.90 Å². The van der Waals surface area contributed by atoms with Crippen LogP contribution in [-0.4, -0.2) is 18.7 Å². The highest BCUT2D eigenvalue weighted by Gasteiger charge is 2.07. The van der Waals surface area contributed by atoms with E-state index in [1.54, 1.807) is 6.07 Å². The Morgan fingerprint density at radius 1 is 1.46 bits per heavy atom. The zero-order chi connectivity index (χ0) is 9.84. The van der Waals surface area contributed by atoms with E-state index in [1.807, 2.05) is 19.2 Å². The van der Waals surface area contributed by atoms with Gasteiger partial charge in [0.2, 0.25) is 0 Å². The van der Waals surface area contributed by atoms with Crippen LogP contribution in [0.4, 0.5) is 5.69 Å². The van der Waals surface area contributed by atoms with Crippen LogP contribution in [0.15, 0.2) is 18.2 Å². The Kier molecular flexibility index (Phi) is 3.58. The minimum absolute atomic E-state index is 0.0145. The van der Waals surface area contributed by atoms with Crippen LogP contribution in [-0.2, 0) is 6.61 Å². The van der Waals surface area contributed by atoms with Gasteiger partial charge in [-0.15, -0.1) is 0 Å². The molecule has 0 saturated heterocycles. The second-order valence-electron chi connectivity index (χ2n) is 2.91. The number of aliphatic hydroxyl groups is 1. The van der Waals surface area contributed by atoms with Gasteiger partial charge in [0.15, 0.2) is 0 Å². The normalized spacial score (nSPS) is 10.2. The molecule has 0 atom stereocenters. The molecule has 0 amide bonds. The predicted molar refractivity (Wildman–Crippen MR) is 56.3 cm³/mol. The van der Waals surface area contributed by atoms with Crippen molar-refractivity contribution in [1.82, 2.24) is 0 Å². The Labute approximate surface area is 83.7 Å². The zero-order valence-corrected chi connectivity index (χ0v) is 8.67. The molecular formula is C10H14ClNO. The fourth-order valence-corrected chi connectivity index (χ4v) is 1.46. The van der Waals surface area contributed by atoms with Gasteiger partial charge >= 0.3 is 0 Å². The molecule has 1 aromatic rings. The first kappa shape index (κ1) is 10.4. The largest absolute Gasteiger partial charge is 0.392 e. The molecule has 0 radical (unpaired) electrons. The highest BCUT2D eigenvalue weighted by Crippen LogP contribution is 2.26. The van der Waals surface area contributed by atoms with Gasteiger partial charge in [0.25, 0.3) is 0 Å². The van der Waals surface area contributed by atoms with E-state index >= 15 is 0 Å². The van der Waals surface area contributed by atoms with Crippen LogP contribution in [0.1, 0.15) is 12.5 Å². The van der Waals surface area contributed by atoms with E-state index in [0.29, 0.717) is 5.02 Å². The van der Waals surface area contributed by atoms with Crippen molar-refractivity contribution in [3.8, 4) is 0 Å². The fourth-order valence-electron chi connectivity index (χ4n) is 1.23. The summed E-state index contributed by atoms with van der Waals surface area (Å²) < 4.78 is 0. The van der Waals surface area contributed by atoms with Crippen molar-refractivity contribution < 1.29 is 5.11 Å². The molecule has 13 heavy (non-hydrogen) atoms. The predicted octanol–water partition coefficient (Wildman–Crippen LogP) is 2.29. The van der Waals surface area contributed by atoms with Crippen molar-refractivity contribution >= 4 is 17.3 Å². The van der Waals surface area contributed by atoms with Crippen molar-refractivity contribution in [1.29, 1.82) is 0 Å². The van der Waals surface area contributed by atoms with Crippen LogP contribution >= 0.6 is 11.6 Å². The van der Waals surface area contributed by atoms with Gasteiger partial charge in [-0.25, -0.2) is 0 Å². The van der Waals surface area contributed by atoms with E-state index in [9.17, 15) is 0 Å². The first-order valence-electron chi connectivity index (χ1n) is 4.30. The molecule has 3 heteroatoms. The Balaban J connectivity index is 3.12. The van der Waals surface area contributed by atoms with Crippen molar-refractivity contribution in [3.05, 3.63) is 28.8 Å². The quantitative estimate of drug-likeness (QED) is 0.808. The third-order valence-electron chi connectivity index (χ3n) is 2.14. The van der Waals surface area contributed by atoms with E-state index < -0.39 is 0 Å². The molecule has 0 aliphatic carbocycles. The summed E-state index contributed by atoms with van der Waals surface area (Å²) in [5.74, 6) is 0. The average Bonchev–Trinajstić information content (AvgIpc) is 2.16. The molecule has 0 heterocycles. The standard InChI is InChI=1S/C10H14ClNO/c1-3-12(2)10-6-4-5-9(11)8(10)7-13/h4-6,13H,3,7H2,1-2H3. The molecule has 0 aromatic heterocycles. The Bertz CT molecular complexity index is 288. The summed E-state index contributed by atoms with van der Waals surface area (Å²) in [6.07, 6.45) is 0. The highest BCUT2D eigenvalue weighted by atomic mass is 35.5. The zero-order valence-electron chi connectivity index (χ0n) is 7.92. The molecular weight excluding hydrogens is 186 g/mol. The molecule has 0 fully saturated rings. The van der Waals surface area contributed by atoms with E-state index in [-0.39, 0.29) is 6.61 Å². The lowest BCUT2D eigenvalue weighted by atomic mass is 10.1. The second-order valence-corrected chi connectivity index (χ2v) is 3.32. The van der Waals surface area contributed by atoms with Gasteiger partial charge in [0.1, 0.15) is 0 Å². The Morgan fingerprint density at radius 2 is 2.15 bits per heavy atom. The Morgan fingerprint density at radius 3 is 2.69 bits per heavy atom. The fraction of sp³-hybridized carbons (Fsp3) is 0.400. The summed E-state index contributed by atoms with van der Waals surface area (Å²) in [5, 5.41) is 9.76. The topological polar surface area (TPSA) is 23.5 Å². The average molecular weight is 200 g/mol. The van der Waals surface area contributed by atoms with Crippen LogP contribution in [0.3, 0.4) is 0 Å². The number of hydrogen-bond acceptors (Lipinski definition) is 2. The first-order chi connectivity index (χ1) is 6.20. The molecule has 1 aromatic carbocycles. The third-order valence-corrected chi connectivity index (χ3v) is 2.49. The van der Waals surface area contributed by atoms with Gasteiger partial charge in [-0.1, -0.05) is 17.7 Å². The van der Waals surface area contributed by atoms with E-state index in [0.717, 1.165) is 17.8 Å². The summed E-state index contributed by atoms with van der Waals surface area (Å²) in [4.78, 5) is 2.05. The summed E-state index contributed by atoms with van der Waals surface area (Å²) in [5.41, 5.74) is 1.80. The van der Waals surface area contributed by atoms with E-state index in [2.05, 4.69) is 11.8 Å². The lowest BCUT2D eigenvalue weighted by Crippen LogP contribution is -2.17. The summed E-state index contributed by atoms with van der Waals surface area (Å²) in [7, 11) is 1.98. The number of rotatable bonds is 3. The SMILES string of the molecule is CCN(C)c1cccc(Cl)c1CO. The van der Waals surface area contributed by atoms with Gasteiger partial charge in [-0.05, 0) is 19.1 Å². The molecule has 0 bridgehead atoms. The molecule has 0 saturated carbocycles. The third kappa shape index (κ3) is 2.14. The minimum atomic E-state index is -0.0145. The molecule has 72 valence electrons. The van der Waals surface area contributed by atoms with Crippen LogP contribution in [0.25, 0.3) is 0 Å². The molecule has 0 unspecified atom stereocenters. The number of hydrogen-bond donors (Lipinski definition) is 1. The summed E-state index contributed by atoms with van der Waals surface area (Å²) >= 11 is 5.94. The van der Waals surface area contributed by atoms with Crippen molar-refractivity contribution in [2.45, 2.75) is 13.5 Å². The first-order valence-corrected chi connectivity index (χ1v) is 4.67. The van der Waals surface area contributed by atoms with Crippen LogP contribution in [0, 0.1) is 0 Å². The molecule has 1 N–H and O–H groups in total. The summed E-state index contributed by atoms with van der Waals surface area (Å²) in [6, 6.07) is 5.64. The summed E-state index contributed by atoms with van der Waals surface area (Å²) in [6.45, 7) is 2.94. The van der Waals surface area contributed by atoms with Gasteiger partial charge in [0, 0.05) is 29.9 Å². The van der Waals surface area contributed by atoms with Crippen LogP contribution in [0.2, 0.25) is 5.02 Å². The number of halogens is 1.